The highest BCUT2D eigenvalue weighted by atomic mass is 32.2. The summed E-state index contributed by atoms with van der Waals surface area (Å²) < 4.78 is 0. The Labute approximate surface area is 202 Å². The lowest BCUT2D eigenvalue weighted by molar-refractivity contribution is -0.136. The van der Waals surface area contributed by atoms with Crippen molar-refractivity contribution in [3.63, 3.8) is 0 Å². The molecule has 0 unspecified atom stereocenters. The van der Waals surface area contributed by atoms with Crippen LogP contribution in [0.3, 0.4) is 0 Å². The summed E-state index contributed by atoms with van der Waals surface area (Å²) in [6.07, 6.45) is 1.89. The average molecular weight is 468 g/mol. The molecule has 4 rings (SSSR count). The van der Waals surface area contributed by atoms with Gasteiger partial charge in [-0.05, 0) is 71.3 Å². The summed E-state index contributed by atoms with van der Waals surface area (Å²) in [5, 5.41) is 1.13. The number of aryl methyl sites for hydroxylation is 4. The number of likely N-dealkylation sites (N-methyl/N-ethyl adjacent to an activating group) is 1. The number of amides is 1. The van der Waals surface area contributed by atoms with Crippen molar-refractivity contribution >= 4 is 17.7 Å². The minimum absolute atomic E-state index is 0.0864. The Morgan fingerprint density at radius 2 is 1.79 bits per heavy atom. The van der Waals surface area contributed by atoms with E-state index in [0.717, 1.165) is 68.7 Å². The number of hydrogen-bond acceptors (Lipinski definition) is 6. The second kappa shape index (κ2) is 10.5. The Kier molecular flexibility index (Phi) is 7.72. The van der Waals surface area contributed by atoms with E-state index in [9.17, 15) is 4.79 Å². The Morgan fingerprint density at radius 1 is 1.03 bits per heavy atom. The molecule has 3 heterocycles. The summed E-state index contributed by atoms with van der Waals surface area (Å²) >= 11 is 1.73. The van der Waals surface area contributed by atoms with E-state index in [2.05, 4.69) is 63.8 Å². The van der Waals surface area contributed by atoms with Gasteiger partial charge in [0.25, 0.3) is 0 Å². The van der Waals surface area contributed by atoms with Gasteiger partial charge in [0, 0.05) is 49.4 Å². The highest BCUT2D eigenvalue weighted by molar-refractivity contribution is 7.99. The maximum atomic E-state index is 13.7. The summed E-state index contributed by atoms with van der Waals surface area (Å²) in [5.41, 5.74) is 5.87. The van der Waals surface area contributed by atoms with Crippen LogP contribution in [0.1, 0.15) is 40.9 Å². The van der Waals surface area contributed by atoms with Crippen LogP contribution < -0.4 is 0 Å². The van der Waals surface area contributed by atoms with Crippen molar-refractivity contribution in [1.29, 1.82) is 0 Å². The van der Waals surface area contributed by atoms with Gasteiger partial charge in [0.2, 0.25) is 5.91 Å². The smallest absolute Gasteiger partial charge is 0.240 e. The molecule has 33 heavy (non-hydrogen) atoms. The van der Waals surface area contributed by atoms with Crippen LogP contribution in [0.2, 0.25) is 0 Å². The number of hydrogen-bond donors (Lipinski definition) is 0. The normalized spacial score (nSPS) is 22.5. The summed E-state index contributed by atoms with van der Waals surface area (Å²) in [5.74, 6) is 0.292. The lowest BCUT2D eigenvalue weighted by Gasteiger charge is -2.30. The summed E-state index contributed by atoms with van der Waals surface area (Å²) in [4.78, 5) is 29.9. The van der Waals surface area contributed by atoms with Gasteiger partial charge in [0.05, 0.1) is 6.04 Å². The van der Waals surface area contributed by atoms with Crippen molar-refractivity contribution in [3.05, 3.63) is 52.3 Å². The first-order valence-electron chi connectivity index (χ1n) is 12.0. The molecule has 0 saturated carbocycles. The van der Waals surface area contributed by atoms with Gasteiger partial charge >= 0.3 is 0 Å². The van der Waals surface area contributed by atoms with E-state index < -0.39 is 0 Å². The number of nitrogens with zero attached hydrogens (tertiary/aromatic N) is 5. The van der Waals surface area contributed by atoms with Crippen LogP contribution in [0.15, 0.2) is 29.4 Å². The van der Waals surface area contributed by atoms with Gasteiger partial charge in [-0.15, -0.1) is 0 Å². The third-order valence-corrected chi connectivity index (χ3v) is 7.86. The van der Waals surface area contributed by atoms with Crippen LogP contribution in [0.5, 0.6) is 0 Å². The molecule has 2 aromatic rings. The zero-order valence-electron chi connectivity index (χ0n) is 20.7. The summed E-state index contributed by atoms with van der Waals surface area (Å²) in [7, 11) is 2.15. The molecule has 1 aromatic carbocycles. The van der Waals surface area contributed by atoms with Crippen molar-refractivity contribution < 1.29 is 4.79 Å². The predicted molar refractivity (Wildman–Crippen MR) is 135 cm³/mol. The fourth-order valence-electron chi connectivity index (χ4n) is 4.94. The molecular formula is C26H37N5OS. The van der Waals surface area contributed by atoms with Crippen LogP contribution in [0.4, 0.5) is 0 Å². The first-order chi connectivity index (χ1) is 15.8. The summed E-state index contributed by atoms with van der Waals surface area (Å²) in [6, 6.07) is 8.55. The predicted octanol–water partition coefficient (Wildman–Crippen LogP) is 3.61. The SMILES string of the molecule is Cc1ccc(C)c(CN2C[C@H](Sc3nc(C)cc(C)n3)C[C@H]2C(=O)N2CCCN(C)CC2)c1. The van der Waals surface area contributed by atoms with Gasteiger partial charge in [-0.3, -0.25) is 9.69 Å². The molecule has 0 spiro atoms. The monoisotopic (exact) mass is 467 g/mol. The molecule has 0 radical (unpaired) electrons. The third-order valence-electron chi connectivity index (χ3n) is 6.79. The zero-order valence-corrected chi connectivity index (χ0v) is 21.5. The van der Waals surface area contributed by atoms with Gasteiger partial charge in [0.15, 0.2) is 5.16 Å². The Bertz CT molecular complexity index is 976. The standard InChI is InChI=1S/C26H37N5OS/c1-18-7-8-19(2)22(13-18)16-31-17-23(33-26-27-20(3)14-21(4)28-26)15-24(31)25(32)30-10-6-9-29(5)11-12-30/h7-8,13-14,23-24H,6,9-12,15-17H2,1-5H3/t23-,24+/m1/s1. The van der Waals surface area contributed by atoms with Crippen LogP contribution in [-0.4, -0.2) is 81.6 Å². The van der Waals surface area contributed by atoms with Crippen molar-refractivity contribution in [2.75, 3.05) is 39.8 Å². The van der Waals surface area contributed by atoms with Crippen LogP contribution in [-0.2, 0) is 11.3 Å². The molecule has 2 saturated heterocycles. The summed E-state index contributed by atoms with van der Waals surface area (Å²) in [6.45, 7) is 13.7. The highest BCUT2D eigenvalue weighted by Crippen LogP contribution is 2.34. The maximum Gasteiger partial charge on any atom is 0.240 e. The average Bonchev–Trinajstić information content (AvgIpc) is 3.00. The quantitative estimate of drug-likeness (QED) is 0.626. The number of rotatable bonds is 5. The molecule has 2 atom stereocenters. The van der Waals surface area contributed by atoms with Gasteiger partial charge in [0.1, 0.15) is 0 Å². The molecule has 6 nitrogen and oxygen atoms in total. The minimum Gasteiger partial charge on any atom is -0.340 e. The first kappa shape index (κ1) is 24.2. The Balaban J connectivity index is 1.55. The molecular weight excluding hydrogens is 430 g/mol. The number of aromatic nitrogens is 2. The van der Waals surface area contributed by atoms with Crippen molar-refractivity contribution in [2.45, 2.75) is 63.5 Å². The molecule has 178 valence electrons. The van der Waals surface area contributed by atoms with E-state index in [0.29, 0.717) is 11.2 Å². The molecule has 0 aliphatic carbocycles. The number of benzene rings is 1. The fourth-order valence-corrected chi connectivity index (χ4v) is 6.18. The molecule has 1 amide bonds. The molecule has 2 aliphatic heterocycles. The Hall–Kier alpha value is -1.96. The molecule has 7 heteroatoms. The largest absolute Gasteiger partial charge is 0.340 e. The van der Waals surface area contributed by atoms with Crippen molar-refractivity contribution in [2.24, 2.45) is 0 Å². The lowest BCUT2D eigenvalue weighted by Crippen LogP contribution is -2.46. The lowest BCUT2D eigenvalue weighted by atomic mass is 10.0. The second-order valence-corrected chi connectivity index (χ2v) is 11.0. The van der Waals surface area contributed by atoms with E-state index in [-0.39, 0.29) is 6.04 Å². The van der Waals surface area contributed by atoms with Gasteiger partial charge in [-0.1, -0.05) is 35.5 Å². The number of carbonyl (C=O) groups is 1. The van der Waals surface area contributed by atoms with E-state index in [4.69, 9.17) is 0 Å². The topological polar surface area (TPSA) is 52.6 Å². The second-order valence-electron chi connectivity index (χ2n) is 9.77. The van der Waals surface area contributed by atoms with Gasteiger partial charge < -0.3 is 9.80 Å². The molecule has 2 fully saturated rings. The van der Waals surface area contributed by atoms with E-state index in [1.54, 1.807) is 11.8 Å². The van der Waals surface area contributed by atoms with E-state index >= 15 is 0 Å². The Morgan fingerprint density at radius 3 is 2.55 bits per heavy atom. The van der Waals surface area contributed by atoms with E-state index in [1.165, 1.54) is 16.7 Å². The zero-order chi connectivity index (χ0) is 23.5. The number of thioether (sulfide) groups is 1. The highest BCUT2D eigenvalue weighted by Gasteiger charge is 2.40. The molecule has 0 N–H and O–H groups in total. The molecule has 1 aromatic heterocycles. The van der Waals surface area contributed by atoms with E-state index in [1.807, 2.05) is 19.9 Å². The molecule has 2 aliphatic rings. The van der Waals surface area contributed by atoms with Crippen molar-refractivity contribution in [3.8, 4) is 0 Å². The van der Waals surface area contributed by atoms with Crippen LogP contribution in [0.25, 0.3) is 0 Å². The number of likely N-dealkylation sites (tertiary alicyclic amines) is 1. The third kappa shape index (κ3) is 6.14. The minimum atomic E-state index is -0.0864. The fraction of sp³-hybridized carbons (Fsp3) is 0.577. The van der Waals surface area contributed by atoms with Gasteiger partial charge in [-0.25, -0.2) is 9.97 Å². The number of carbonyl (C=O) groups excluding carboxylic acids is 1. The van der Waals surface area contributed by atoms with Gasteiger partial charge in [-0.2, -0.15) is 0 Å². The maximum absolute atomic E-state index is 13.7. The van der Waals surface area contributed by atoms with Crippen LogP contribution >= 0.6 is 11.8 Å². The first-order valence-corrected chi connectivity index (χ1v) is 12.9. The van der Waals surface area contributed by atoms with Crippen LogP contribution in [0, 0.1) is 27.7 Å². The molecule has 0 bridgehead atoms. The van der Waals surface area contributed by atoms with Crippen molar-refractivity contribution in [1.82, 2.24) is 24.7 Å².